The molecule has 3 rings (SSSR count). The number of carbonyl (C=O) groups is 1. The van der Waals surface area contributed by atoms with Crippen LogP contribution in [0.15, 0.2) is 48.5 Å². The molecular formula is C20H25N3O. The lowest BCUT2D eigenvalue weighted by Gasteiger charge is -2.21. The quantitative estimate of drug-likeness (QED) is 0.924. The van der Waals surface area contributed by atoms with Gasteiger partial charge in [0.25, 0.3) is 0 Å². The minimum absolute atomic E-state index is 0.00700. The third-order valence-corrected chi connectivity index (χ3v) is 4.78. The van der Waals surface area contributed by atoms with E-state index in [4.69, 9.17) is 0 Å². The van der Waals surface area contributed by atoms with E-state index in [2.05, 4.69) is 40.5 Å². The Morgan fingerprint density at radius 1 is 1.12 bits per heavy atom. The molecule has 2 aromatic rings. The Kier molecular flexibility index (Phi) is 4.74. The highest BCUT2D eigenvalue weighted by atomic mass is 16.2. The van der Waals surface area contributed by atoms with Crippen LogP contribution in [0.2, 0.25) is 0 Å². The minimum atomic E-state index is -0.00700. The number of rotatable bonds is 3. The van der Waals surface area contributed by atoms with Crippen LogP contribution in [-0.4, -0.2) is 38.1 Å². The molecule has 0 aliphatic carbocycles. The molecule has 24 heavy (non-hydrogen) atoms. The normalized spacial score (nSPS) is 17.0. The third kappa shape index (κ3) is 3.37. The van der Waals surface area contributed by atoms with Crippen molar-refractivity contribution < 1.29 is 4.79 Å². The van der Waals surface area contributed by atoms with E-state index in [1.165, 1.54) is 5.56 Å². The summed E-state index contributed by atoms with van der Waals surface area (Å²) in [6.45, 7) is 3.63. The van der Waals surface area contributed by atoms with Gasteiger partial charge in [0.15, 0.2) is 0 Å². The summed E-state index contributed by atoms with van der Waals surface area (Å²) in [7, 11) is 4.03. The average Bonchev–Trinajstić information content (AvgIpc) is 3.07. The number of amides is 2. The molecule has 0 radical (unpaired) electrons. The Bertz CT molecular complexity index is 712. The van der Waals surface area contributed by atoms with E-state index in [1.807, 2.05) is 44.1 Å². The maximum absolute atomic E-state index is 12.6. The van der Waals surface area contributed by atoms with E-state index in [1.54, 1.807) is 0 Å². The number of urea groups is 1. The van der Waals surface area contributed by atoms with Crippen molar-refractivity contribution in [2.24, 2.45) is 0 Å². The van der Waals surface area contributed by atoms with Crippen molar-refractivity contribution in [3.05, 3.63) is 59.7 Å². The molecule has 1 heterocycles. The Morgan fingerprint density at radius 2 is 1.88 bits per heavy atom. The zero-order chi connectivity index (χ0) is 17.1. The number of likely N-dealkylation sites (tertiary alicyclic amines) is 1. The van der Waals surface area contributed by atoms with Gasteiger partial charge in [-0.2, -0.15) is 0 Å². The molecular weight excluding hydrogens is 298 g/mol. The maximum atomic E-state index is 12.6. The van der Waals surface area contributed by atoms with E-state index in [0.717, 1.165) is 36.4 Å². The Morgan fingerprint density at radius 3 is 2.58 bits per heavy atom. The van der Waals surface area contributed by atoms with E-state index in [-0.39, 0.29) is 6.03 Å². The van der Waals surface area contributed by atoms with Gasteiger partial charge < -0.3 is 15.1 Å². The van der Waals surface area contributed by atoms with Gasteiger partial charge in [-0.1, -0.05) is 36.4 Å². The number of nitrogens with zero attached hydrogens (tertiary/aromatic N) is 2. The van der Waals surface area contributed by atoms with Crippen molar-refractivity contribution in [2.45, 2.75) is 19.3 Å². The van der Waals surface area contributed by atoms with Crippen LogP contribution >= 0.6 is 0 Å². The van der Waals surface area contributed by atoms with Crippen molar-refractivity contribution in [3.63, 3.8) is 0 Å². The lowest BCUT2D eigenvalue weighted by Crippen LogP contribution is -2.33. The molecule has 2 amide bonds. The van der Waals surface area contributed by atoms with Crippen LogP contribution in [0, 0.1) is 6.92 Å². The van der Waals surface area contributed by atoms with Crippen molar-refractivity contribution in [1.29, 1.82) is 0 Å². The van der Waals surface area contributed by atoms with Crippen LogP contribution in [0.1, 0.15) is 23.5 Å². The first-order valence-electron chi connectivity index (χ1n) is 8.44. The molecule has 1 N–H and O–H groups in total. The van der Waals surface area contributed by atoms with Crippen LogP contribution in [0.5, 0.6) is 0 Å². The molecule has 1 unspecified atom stereocenters. The van der Waals surface area contributed by atoms with Gasteiger partial charge in [-0.05, 0) is 36.6 Å². The summed E-state index contributed by atoms with van der Waals surface area (Å²) in [6, 6.07) is 16.5. The van der Waals surface area contributed by atoms with Crippen molar-refractivity contribution in [3.8, 4) is 0 Å². The molecule has 2 aromatic carbocycles. The fourth-order valence-corrected chi connectivity index (χ4v) is 3.38. The molecule has 0 aromatic heterocycles. The zero-order valence-corrected chi connectivity index (χ0v) is 14.6. The Labute approximate surface area is 144 Å². The van der Waals surface area contributed by atoms with Crippen LogP contribution in [0.25, 0.3) is 0 Å². The molecule has 0 spiro atoms. The molecule has 1 fully saturated rings. The summed E-state index contributed by atoms with van der Waals surface area (Å²) >= 11 is 0. The lowest BCUT2D eigenvalue weighted by atomic mass is 9.99. The zero-order valence-electron chi connectivity index (χ0n) is 14.6. The second-order valence-corrected chi connectivity index (χ2v) is 6.62. The second-order valence-electron chi connectivity index (χ2n) is 6.62. The smallest absolute Gasteiger partial charge is 0.321 e. The summed E-state index contributed by atoms with van der Waals surface area (Å²) in [4.78, 5) is 16.6. The van der Waals surface area contributed by atoms with Gasteiger partial charge in [0.2, 0.25) is 0 Å². The van der Waals surface area contributed by atoms with E-state index < -0.39 is 0 Å². The fraction of sp³-hybridized carbons (Fsp3) is 0.350. The molecule has 1 atom stereocenters. The fourth-order valence-electron chi connectivity index (χ4n) is 3.38. The largest absolute Gasteiger partial charge is 0.377 e. The van der Waals surface area contributed by atoms with Crippen LogP contribution < -0.4 is 10.2 Å². The standard InChI is InChI=1S/C20H25N3O/c1-15-18(10-7-11-19(15)22(2)3)21-20(24)23-13-12-17(14-23)16-8-5-4-6-9-16/h4-11,17H,12-14H2,1-3H3,(H,21,24). The van der Waals surface area contributed by atoms with Gasteiger partial charge in [-0.25, -0.2) is 4.79 Å². The molecule has 126 valence electrons. The number of carbonyl (C=O) groups excluding carboxylic acids is 1. The van der Waals surface area contributed by atoms with Gasteiger partial charge in [0, 0.05) is 44.5 Å². The molecule has 4 nitrogen and oxygen atoms in total. The van der Waals surface area contributed by atoms with Crippen LogP contribution in [-0.2, 0) is 0 Å². The number of anilines is 2. The number of hydrogen-bond acceptors (Lipinski definition) is 2. The first kappa shape index (κ1) is 16.4. The van der Waals surface area contributed by atoms with Crippen molar-refractivity contribution >= 4 is 17.4 Å². The summed E-state index contributed by atoms with van der Waals surface area (Å²) in [5.74, 6) is 0.436. The van der Waals surface area contributed by atoms with Gasteiger partial charge >= 0.3 is 6.03 Å². The predicted octanol–water partition coefficient (Wildman–Crippen LogP) is 4.08. The van der Waals surface area contributed by atoms with Gasteiger partial charge in [0.05, 0.1) is 0 Å². The van der Waals surface area contributed by atoms with Gasteiger partial charge in [0.1, 0.15) is 0 Å². The SMILES string of the molecule is Cc1c(NC(=O)N2CCC(c3ccccc3)C2)cccc1N(C)C. The Hall–Kier alpha value is -2.49. The van der Waals surface area contributed by atoms with E-state index in [9.17, 15) is 4.79 Å². The third-order valence-electron chi connectivity index (χ3n) is 4.78. The summed E-state index contributed by atoms with van der Waals surface area (Å²) in [5, 5.41) is 3.08. The van der Waals surface area contributed by atoms with Gasteiger partial charge in [-0.15, -0.1) is 0 Å². The minimum Gasteiger partial charge on any atom is -0.377 e. The second kappa shape index (κ2) is 6.95. The summed E-state index contributed by atoms with van der Waals surface area (Å²) < 4.78 is 0. The van der Waals surface area contributed by atoms with Gasteiger partial charge in [-0.3, -0.25) is 0 Å². The van der Waals surface area contributed by atoms with Crippen molar-refractivity contribution in [2.75, 3.05) is 37.4 Å². The van der Waals surface area contributed by atoms with Crippen LogP contribution in [0.4, 0.5) is 16.2 Å². The number of nitrogens with one attached hydrogen (secondary N) is 1. The molecule has 0 bridgehead atoms. The van der Waals surface area contributed by atoms with E-state index in [0.29, 0.717) is 5.92 Å². The molecule has 0 saturated carbocycles. The first-order valence-corrected chi connectivity index (χ1v) is 8.44. The number of hydrogen-bond donors (Lipinski definition) is 1. The van der Waals surface area contributed by atoms with Crippen molar-refractivity contribution in [1.82, 2.24) is 4.90 Å². The molecule has 1 aliphatic rings. The average molecular weight is 323 g/mol. The first-order chi connectivity index (χ1) is 11.6. The van der Waals surface area contributed by atoms with Crippen LogP contribution in [0.3, 0.4) is 0 Å². The molecule has 1 saturated heterocycles. The number of benzene rings is 2. The predicted molar refractivity (Wildman–Crippen MR) is 99.9 cm³/mol. The monoisotopic (exact) mass is 323 g/mol. The highest BCUT2D eigenvalue weighted by Crippen LogP contribution is 2.29. The highest BCUT2D eigenvalue weighted by molar-refractivity contribution is 5.91. The lowest BCUT2D eigenvalue weighted by molar-refractivity contribution is 0.222. The summed E-state index contributed by atoms with van der Waals surface area (Å²) in [5.41, 5.74) is 4.42. The Balaban J connectivity index is 1.67. The topological polar surface area (TPSA) is 35.6 Å². The molecule has 1 aliphatic heterocycles. The highest BCUT2D eigenvalue weighted by Gasteiger charge is 2.27. The van der Waals surface area contributed by atoms with E-state index >= 15 is 0 Å². The summed E-state index contributed by atoms with van der Waals surface area (Å²) in [6.07, 6.45) is 1.02. The molecule has 4 heteroatoms. The maximum Gasteiger partial charge on any atom is 0.321 e.